The number of nitrogens with two attached hydrogens (primary N) is 1. The number of hydrogen-bond donors (Lipinski definition) is 1. The number of methoxy groups -OCH3 is 1. The monoisotopic (exact) mass is 453 g/mol. The van der Waals surface area contributed by atoms with Gasteiger partial charge in [-0.1, -0.05) is 12.1 Å². The van der Waals surface area contributed by atoms with E-state index in [4.69, 9.17) is 15.2 Å². The average molecular weight is 454 g/mol. The molecule has 1 aromatic carbocycles. The first-order valence-corrected chi connectivity index (χ1v) is 11.4. The normalized spacial score (nSPS) is 18.3. The summed E-state index contributed by atoms with van der Waals surface area (Å²) in [6.07, 6.45) is 4.39. The van der Waals surface area contributed by atoms with Gasteiger partial charge in [0, 0.05) is 19.4 Å². The van der Waals surface area contributed by atoms with Crippen LogP contribution in [0.25, 0.3) is 0 Å². The van der Waals surface area contributed by atoms with Crippen molar-refractivity contribution in [2.45, 2.75) is 43.0 Å². The molecule has 1 aliphatic carbocycles. The summed E-state index contributed by atoms with van der Waals surface area (Å²) >= 11 is 0. The maximum Gasteiger partial charge on any atom is 0.238 e. The molecule has 0 radical (unpaired) electrons. The minimum absolute atomic E-state index is 0. The van der Waals surface area contributed by atoms with Gasteiger partial charge >= 0.3 is 0 Å². The first kappa shape index (κ1) is 22.8. The number of anilines is 1. The van der Waals surface area contributed by atoms with E-state index in [1.165, 1.54) is 4.31 Å². The maximum atomic E-state index is 13.2. The van der Waals surface area contributed by atoms with Crippen molar-refractivity contribution in [2.75, 3.05) is 24.6 Å². The largest absolute Gasteiger partial charge is 0.497 e. The van der Waals surface area contributed by atoms with Gasteiger partial charge in [-0.25, -0.2) is 8.42 Å². The molecule has 4 rings (SSSR count). The average Bonchev–Trinajstić information content (AvgIpc) is 3.59. The third-order valence-corrected chi connectivity index (χ3v) is 7.93. The Morgan fingerprint density at radius 3 is 2.47 bits per heavy atom. The second-order valence-electron chi connectivity index (χ2n) is 7.77. The van der Waals surface area contributed by atoms with E-state index < -0.39 is 15.6 Å². The molecular formula is C21H28ClN3O4S. The highest BCUT2D eigenvalue weighted by atomic mass is 35.5. The van der Waals surface area contributed by atoms with Crippen molar-refractivity contribution < 1.29 is 17.9 Å². The molecule has 0 spiro atoms. The number of pyridine rings is 1. The molecule has 2 N–H and O–H groups in total. The van der Waals surface area contributed by atoms with E-state index in [1.807, 2.05) is 30.3 Å². The van der Waals surface area contributed by atoms with E-state index in [-0.39, 0.29) is 24.2 Å². The summed E-state index contributed by atoms with van der Waals surface area (Å²) in [4.78, 5) is 4.47. The highest BCUT2D eigenvalue weighted by Crippen LogP contribution is 2.36. The third-order valence-electron chi connectivity index (χ3n) is 5.66. The Morgan fingerprint density at radius 2 is 1.87 bits per heavy atom. The van der Waals surface area contributed by atoms with Gasteiger partial charge in [0.1, 0.15) is 5.75 Å². The van der Waals surface area contributed by atoms with Crippen LogP contribution in [0.1, 0.15) is 36.9 Å². The van der Waals surface area contributed by atoms with E-state index in [1.54, 1.807) is 19.4 Å². The molecular weight excluding hydrogens is 426 g/mol. The van der Waals surface area contributed by atoms with Gasteiger partial charge in [-0.15, -0.1) is 12.4 Å². The van der Waals surface area contributed by atoms with Crippen molar-refractivity contribution in [3.63, 3.8) is 0 Å². The van der Waals surface area contributed by atoms with Crippen molar-refractivity contribution in [2.24, 2.45) is 5.73 Å². The van der Waals surface area contributed by atoms with E-state index in [2.05, 4.69) is 4.98 Å². The summed E-state index contributed by atoms with van der Waals surface area (Å²) in [6.45, 7) is 1.42. The lowest BCUT2D eigenvalue weighted by Gasteiger charge is -2.33. The van der Waals surface area contributed by atoms with Crippen molar-refractivity contribution >= 4 is 28.1 Å². The number of hydrogen-bond acceptors (Lipinski definition) is 6. The second-order valence-corrected chi connectivity index (χ2v) is 9.90. The summed E-state index contributed by atoms with van der Waals surface area (Å²) in [5.41, 5.74) is 8.21. The maximum absolute atomic E-state index is 13.2. The minimum atomic E-state index is -3.45. The quantitative estimate of drug-likeness (QED) is 0.692. The Balaban J connectivity index is 0.00000256. The SMILES string of the molecule is COc1ccc(CN(c2ccnc(C3(N)CCOCC3)c2)S(=O)(=O)C2CC2)cc1.Cl. The first-order chi connectivity index (χ1) is 13.9. The Morgan fingerprint density at radius 1 is 1.20 bits per heavy atom. The molecule has 0 unspecified atom stereocenters. The van der Waals surface area contributed by atoms with Crippen LogP contribution in [0, 0.1) is 0 Å². The highest BCUT2D eigenvalue weighted by Gasteiger charge is 2.41. The molecule has 2 heterocycles. The zero-order chi connectivity index (χ0) is 20.5. The number of benzene rings is 1. The highest BCUT2D eigenvalue weighted by molar-refractivity contribution is 7.93. The number of ether oxygens (including phenoxy) is 2. The molecule has 1 aliphatic heterocycles. The fraction of sp³-hybridized carbons (Fsp3) is 0.476. The van der Waals surface area contributed by atoms with Crippen LogP contribution >= 0.6 is 12.4 Å². The molecule has 9 heteroatoms. The van der Waals surface area contributed by atoms with Crippen LogP contribution < -0.4 is 14.8 Å². The predicted octanol–water partition coefficient (Wildman–Crippen LogP) is 2.98. The van der Waals surface area contributed by atoms with E-state index in [0.29, 0.717) is 50.3 Å². The topological polar surface area (TPSA) is 94.8 Å². The minimum Gasteiger partial charge on any atom is -0.497 e. The van der Waals surface area contributed by atoms with Crippen LogP contribution in [0.3, 0.4) is 0 Å². The van der Waals surface area contributed by atoms with Crippen molar-refractivity contribution in [1.29, 1.82) is 0 Å². The number of rotatable bonds is 7. The van der Waals surface area contributed by atoms with Crippen LogP contribution in [0.5, 0.6) is 5.75 Å². The number of halogens is 1. The molecule has 30 heavy (non-hydrogen) atoms. The predicted molar refractivity (Wildman–Crippen MR) is 119 cm³/mol. The zero-order valence-electron chi connectivity index (χ0n) is 17.0. The first-order valence-electron chi connectivity index (χ1n) is 9.90. The van der Waals surface area contributed by atoms with Crippen LogP contribution in [-0.4, -0.2) is 39.0 Å². The van der Waals surface area contributed by atoms with Crippen molar-refractivity contribution in [3.8, 4) is 5.75 Å². The van der Waals surface area contributed by atoms with Gasteiger partial charge in [-0.05, 0) is 55.5 Å². The number of nitrogens with zero attached hydrogens (tertiary/aromatic N) is 2. The summed E-state index contributed by atoms with van der Waals surface area (Å²) in [5.74, 6) is 0.737. The molecule has 0 bridgehead atoms. The summed E-state index contributed by atoms with van der Waals surface area (Å²) in [5, 5.41) is -0.313. The van der Waals surface area contributed by atoms with E-state index >= 15 is 0 Å². The molecule has 1 saturated carbocycles. The zero-order valence-corrected chi connectivity index (χ0v) is 18.6. The van der Waals surface area contributed by atoms with E-state index in [9.17, 15) is 8.42 Å². The van der Waals surface area contributed by atoms with Crippen LogP contribution in [0.2, 0.25) is 0 Å². The Bertz CT molecular complexity index is 958. The molecule has 2 fully saturated rings. The Hall–Kier alpha value is -1.87. The Labute approximate surface area is 184 Å². The van der Waals surface area contributed by atoms with Crippen LogP contribution in [0.15, 0.2) is 42.6 Å². The molecule has 0 amide bonds. The second kappa shape index (κ2) is 9.09. The van der Waals surface area contributed by atoms with Crippen LogP contribution in [-0.2, 0) is 26.8 Å². The van der Waals surface area contributed by atoms with Crippen LogP contribution in [0.4, 0.5) is 5.69 Å². The molecule has 1 aromatic heterocycles. The van der Waals surface area contributed by atoms with Gasteiger partial charge in [0.2, 0.25) is 10.0 Å². The smallest absolute Gasteiger partial charge is 0.238 e. The lowest BCUT2D eigenvalue weighted by atomic mass is 9.87. The lowest BCUT2D eigenvalue weighted by Crippen LogP contribution is -2.43. The van der Waals surface area contributed by atoms with Gasteiger partial charge in [0.05, 0.1) is 35.8 Å². The summed E-state index contributed by atoms with van der Waals surface area (Å²) in [6, 6.07) is 11.0. The van der Waals surface area contributed by atoms with Crippen molar-refractivity contribution in [1.82, 2.24) is 4.98 Å². The van der Waals surface area contributed by atoms with Gasteiger partial charge in [-0.3, -0.25) is 9.29 Å². The molecule has 164 valence electrons. The molecule has 7 nitrogen and oxygen atoms in total. The lowest BCUT2D eigenvalue weighted by molar-refractivity contribution is 0.0508. The fourth-order valence-corrected chi connectivity index (χ4v) is 5.44. The van der Waals surface area contributed by atoms with Gasteiger partial charge < -0.3 is 15.2 Å². The summed E-state index contributed by atoms with van der Waals surface area (Å²) in [7, 11) is -1.85. The molecule has 2 aliphatic rings. The van der Waals surface area contributed by atoms with Gasteiger partial charge in [0.15, 0.2) is 0 Å². The number of sulfonamides is 1. The molecule has 2 aromatic rings. The molecule has 1 saturated heterocycles. The number of aromatic nitrogens is 1. The standard InChI is InChI=1S/C21H27N3O4S.ClH/c1-27-18-4-2-16(3-5-18)15-24(29(25,26)19-6-7-19)17-8-11-23-20(14-17)21(22)9-12-28-13-10-21;/h2-5,8,11,14,19H,6-7,9-10,12-13,15,22H2,1H3;1H. The Kier molecular flexibility index (Phi) is 6.91. The fourth-order valence-electron chi connectivity index (χ4n) is 3.61. The van der Waals surface area contributed by atoms with Gasteiger partial charge in [-0.2, -0.15) is 0 Å². The third kappa shape index (κ3) is 4.72. The van der Waals surface area contributed by atoms with E-state index in [0.717, 1.165) is 11.3 Å². The van der Waals surface area contributed by atoms with Gasteiger partial charge in [0.25, 0.3) is 0 Å². The summed E-state index contributed by atoms with van der Waals surface area (Å²) < 4.78 is 38.6. The molecule has 0 atom stereocenters. The van der Waals surface area contributed by atoms with Crippen molar-refractivity contribution in [3.05, 3.63) is 53.9 Å².